The van der Waals surface area contributed by atoms with Crippen LogP contribution in [-0.4, -0.2) is 7.11 Å². The third-order valence-corrected chi connectivity index (χ3v) is 6.98. The third kappa shape index (κ3) is 4.92. The molecule has 1 nitrogen and oxygen atoms in total. The highest BCUT2D eigenvalue weighted by molar-refractivity contribution is 5.85. The first kappa shape index (κ1) is 21.8. The molecule has 3 heteroatoms. The van der Waals surface area contributed by atoms with E-state index in [9.17, 15) is 8.78 Å². The summed E-state index contributed by atoms with van der Waals surface area (Å²) in [6.07, 6.45) is 9.10. The molecule has 3 aromatic carbocycles. The second-order valence-corrected chi connectivity index (χ2v) is 9.00. The largest absolute Gasteiger partial charge is 0.497 e. The average Bonchev–Trinajstić information content (AvgIpc) is 2.81. The Morgan fingerprint density at radius 2 is 1.61 bits per heavy atom. The molecule has 1 aliphatic rings. The van der Waals surface area contributed by atoms with Crippen molar-refractivity contribution in [3.05, 3.63) is 76.9 Å². The van der Waals surface area contributed by atoms with Gasteiger partial charge in [0.25, 0.3) is 0 Å². The van der Waals surface area contributed by atoms with Gasteiger partial charge in [-0.05, 0) is 90.6 Å². The van der Waals surface area contributed by atoms with Crippen LogP contribution in [0.2, 0.25) is 0 Å². The molecule has 0 saturated heterocycles. The van der Waals surface area contributed by atoms with Crippen molar-refractivity contribution >= 4 is 10.8 Å². The number of fused-ring (bicyclic) bond motifs is 1. The summed E-state index contributed by atoms with van der Waals surface area (Å²) in [5.41, 5.74) is 3.02. The monoisotopic (exact) mass is 422 g/mol. The van der Waals surface area contributed by atoms with E-state index in [4.69, 9.17) is 4.74 Å². The molecule has 1 saturated carbocycles. The molecule has 0 aliphatic heterocycles. The molecule has 0 amide bonds. The van der Waals surface area contributed by atoms with Gasteiger partial charge in [0.05, 0.1) is 7.11 Å². The zero-order valence-electron chi connectivity index (χ0n) is 18.6. The van der Waals surface area contributed by atoms with Crippen LogP contribution < -0.4 is 4.74 Å². The van der Waals surface area contributed by atoms with Crippen LogP contribution in [0.3, 0.4) is 0 Å². The van der Waals surface area contributed by atoms with Gasteiger partial charge in [-0.1, -0.05) is 50.1 Å². The van der Waals surface area contributed by atoms with E-state index in [1.54, 1.807) is 24.3 Å². The molecule has 0 radical (unpaired) electrons. The second-order valence-electron chi connectivity index (χ2n) is 9.00. The van der Waals surface area contributed by atoms with E-state index in [2.05, 4.69) is 31.2 Å². The van der Waals surface area contributed by atoms with Crippen LogP contribution in [0.25, 0.3) is 10.8 Å². The predicted molar refractivity (Wildman–Crippen MR) is 124 cm³/mol. The zero-order valence-corrected chi connectivity index (χ0v) is 18.6. The topological polar surface area (TPSA) is 9.23 Å². The molecular weight excluding hydrogens is 390 g/mol. The minimum atomic E-state index is -0.791. The number of ether oxygens (including phenoxy) is 1. The van der Waals surface area contributed by atoms with Crippen molar-refractivity contribution in [1.29, 1.82) is 0 Å². The van der Waals surface area contributed by atoms with Gasteiger partial charge in [0, 0.05) is 5.39 Å². The summed E-state index contributed by atoms with van der Waals surface area (Å²) in [6.45, 7) is 2.28. The van der Waals surface area contributed by atoms with Gasteiger partial charge in [-0.2, -0.15) is 0 Å². The van der Waals surface area contributed by atoms with E-state index in [1.807, 2.05) is 0 Å². The fourth-order valence-corrected chi connectivity index (χ4v) is 5.10. The number of rotatable bonds is 7. The molecule has 0 atom stereocenters. The molecule has 0 aromatic heterocycles. The summed E-state index contributed by atoms with van der Waals surface area (Å²) in [6, 6.07) is 15.7. The van der Waals surface area contributed by atoms with Crippen molar-refractivity contribution in [3.63, 3.8) is 0 Å². The summed E-state index contributed by atoms with van der Waals surface area (Å²) in [7, 11) is 1.52. The summed E-state index contributed by atoms with van der Waals surface area (Å²) in [5.74, 6) is 0.573. The van der Waals surface area contributed by atoms with Crippen molar-refractivity contribution in [2.24, 2.45) is 5.92 Å². The van der Waals surface area contributed by atoms with Crippen molar-refractivity contribution < 1.29 is 13.5 Å². The van der Waals surface area contributed by atoms with Crippen LogP contribution in [0.5, 0.6) is 5.75 Å². The maximum atomic E-state index is 14.6. The number of halogens is 2. The molecule has 4 rings (SSSR count). The highest BCUT2D eigenvalue weighted by atomic mass is 19.2. The van der Waals surface area contributed by atoms with Crippen molar-refractivity contribution in [2.75, 3.05) is 7.11 Å². The first-order chi connectivity index (χ1) is 15.1. The maximum absolute atomic E-state index is 14.6. The Bertz CT molecular complexity index is 1020. The van der Waals surface area contributed by atoms with E-state index >= 15 is 0 Å². The lowest BCUT2D eigenvalue weighted by Gasteiger charge is -2.28. The highest BCUT2D eigenvalue weighted by Crippen LogP contribution is 2.37. The average molecular weight is 423 g/mol. The lowest BCUT2D eigenvalue weighted by Crippen LogP contribution is -2.13. The predicted octanol–water partition coefficient (Wildman–Crippen LogP) is 7.99. The van der Waals surface area contributed by atoms with Crippen LogP contribution in [0, 0.1) is 17.6 Å². The van der Waals surface area contributed by atoms with Crippen molar-refractivity contribution in [2.45, 2.75) is 64.2 Å². The van der Waals surface area contributed by atoms with Gasteiger partial charge < -0.3 is 4.74 Å². The van der Waals surface area contributed by atoms with E-state index in [-0.39, 0.29) is 5.39 Å². The Kier molecular flexibility index (Phi) is 6.89. The van der Waals surface area contributed by atoms with Gasteiger partial charge in [-0.15, -0.1) is 0 Å². The zero-order chi connectivity index (χ0) is 21.8. The molecule has 0 bridgehead atoms. The highest BCUT2D eigenvalue weighted by Gasteiger charge is 2.21. The molecule has 0 heterocycles. The van der Waals surface area contributed by atoms with Gasteiger partial charge in [-0.3, -0.25) is 0 Å². The Morgan fingerprint density at radius 3 is 2.29 bits per heavy atom. The van der Waals surface area contributed by atoms with Gasteiger partial charge >= 0.3 is 0 Å². The lowest BCUT2D eigenvalue weighted by molar-refractivity contribution is 0.308. The summed E-state index contributed by atoms with van der Waals surface area (Å²) >= 11 is 0. The third-order valence-electron chi connectivity index (χ3n) is 6.98. The molecule has 164 valence electrons. The normalized spacial score (nSPS) is 19.0. The van der Waals surface area contributed by atoms with Crippen molar-refractivity contribution in [3.8, 4) is 5.75 Å². The Hall–Kier alpha value is -2.42. The molecule has 1 aliphatic carbocycles. The SMILES string of the molecule is CCCC1CCC(c2ccc(CCc3cc4ccc(OC)cc4c(F)c3F)cc2)CC1. The molecule has 0 N–H and O–H groups in total. The standard InChI is InChI=1S/C28H32F2O/c1-3-4-19-5-10-21(11-6-19)22-12-7-20(8-13-22)9-14-24-17-23-15-16-25(31-2)18-26(23)28(30)27(24)29/h7-8,12-13,15-19,21H,3-6,9-11,14H2,1-2H3. The second kappa shape index (κ2) is 9.80. The fourth-order valence-electron chi connectivity index (χ4n) is 5.10. The molecular formula is C28H32F2O. The number of hydrogen-bond donors (Lipinski definition) is 0. The number of hydrogen-bond acceptors (Lipinski definition) is 1. The molecule has 1 fully saturated rings. The molecule has 3 aromatic rings. The summed E-state index contributed by atoms with van der Waals surface area (Å²) in [4.78, 5) is 0. The smallest absolute Gasteiger partial charge is 0.167 e. The lowest BCUT2D eigenvalue weighted by atomic mass is 9.77. The maximum Gasteiger partial charge on any atom is 0.167 e. The quantitative estimate of drug-likeness (QED) is 0.375. The Morgan fingerprint density at radius 1 is 0.871 bits per heavy atom. The van der Waals surface area contributed by atoms with Gasteiger partial charge in [0.15, 0.2) is 11.6 Å². The minimum absolute atomic E-state index is 0.263. The van der Waals surface area contributed by atoms with E-state index in [1.165, 1.54) is 51.2 Å². The van der Waals surface area contributed by atoms with Crippen LogP contribution in [0.15, 0.2) is 48.5 Å². The molecule has 31 heavy (non-hydrogen) atoms. The van der Waals surface area contributed by atoms with Crippen LogP contribution >= 0.6 is 0 Å². The molecule has 0 spiro atoms. The number of methoxy groups -OCH3 is 1. The fraction of sp³-hybridized carbons (Fsp3) is 0.429. The minimum Gasteiger partial charge on any atom is -0.497 e. The van der Waals surface area contributed by atoms with E-state index < -0.39 is 11.6 Å². The van der Waals surface area contributed by atoms with Gasteiger partial charge in [0.1, 0.15) is 5.75 Å². The molecule has 0 unspecified atom stereocenters. The van der Waals surface area contributed by atoms with Gasteiger partial charge in [-0.25, -0.2) is 8.78 Å². The number of benzene rings is 3. The van der Waals surface area contributed by atoms with E-state index in [0.29, 0.717) is 35.5 Å². The number of aryl methyl sites for hydroxylation is 2. The Balaban J connectivity index is 1.41. The van der Waals surface area contributed by atoms with Crippen molar-refractivity contribution in [1.82, 2.24) is 0 Å². The summed E-state index contributed by atoms with van der Waals surface area (Å²) in [5, 5.41) is 0.960. The first-order valence-corrected chi connectivity index (χ1v) is 11.6. The van der Waals surface area contributed by atoms with Crippen LogP contribution in [0.1, 0.15) is 68.1 Å². The van der Waals surface area contributed by atoms with Crippen LogP contribution in [-0.2, 0) is 12.8 Å². The van der Waals surface area contributed by atoms with E-state index in [0.717, 1.165) is 11.5 Å². The van der Waals surface area contributed by atoms with Crippen LogP contribution in [0.4, 0.5) is 8.78 Å². The first-order valence-electron chi connectivity index (χ1n) is 11.6. The Labute approximate surface area is 184 Å². The summed E-state index contributed by atoms with van der Waals surface area (Å²) < 4.78 is 34.4. The van der Waals surface area contributed by atoms with Gasteiger partial charge in [0.2, 0.25) is 0 Å².